The molecule has 0 saturated carbocycles. The highest BCUT2D eigenvalue weighted by atomic mass is 32.2. The van der Waals surface area contributed by atoms with E-state index in [1.165, 1.54) is 29.2 Å². The van der Waals surface area contributed by atoms with E-state index >= 15 is 0 Å². The van der Waals surface area contributed by atoms with E-state index in [-0.39, 0.29) is 17.3 Å². The summed E-state index contributed by atoms with van der Waals surface area (Å²) in [6, 6.07) is 16.7. The summed E-state index contributed by atoms with van der Waals surface area (Å²) in [5.74, 6) is -1.26. The topological polar surface area (TPSA) is 86.8 Å². The van der Waals surface area contributed by atoms with Gasteiger partial charge in [0.15, 0.2) is 0 Å². The molecule has 0 heterocycles. The van der Waals surface area contributed by atoms with Crippen LogP contribution in [-0.2, 0) is 26.2 Å². The summed E-state index contributed by atoms with van der Waals surface area (Å²) < 4.78 is 42.8. The van der Waals surface area contributed by atoms with Gasteiger partial charge in [0.2, 0.25) is 11.8 Å². The largest absolute Gasteiger partial charge is 0.354 e. The summed E-state index contributed by atoms with van der Waals surface area (Å²) in [6.07, 6.45) is 2.01. The minimum atomic E-state index is -4.15. The molecule has 9 heteroatoms. The fraction of sp³-hybridized carbons (Fsp3) is 0.375. The molecule has 0 aromatic heterocycles. The Balaban J connectivity index is 2.06. The Morgan fingerprint density at radius 3 is 2.12 bits per heavy atom. The molecule has 2 amide bonds. The van der Waals surface area contributed by atoms with Gasteiger partial charge < -0.3 is 10.2 Å². The van der Waals surface area contributed by atoms with E-state index in [1.54, 1.807) is 50.2 Å². The van der Waals surface area contributed by atoms with Gasteiger partial charge in [0.05, 0.1) is 10.6 Å². The standard InChI is InChI=1S/C32H40FN3O4S/c1-6-8-19-34-32(38)29(7-2)35(21-26-12-14-27(33)15-13-26)31(37)22-36(30-18-11-24(4)20-25(30)5)41(39,40)28-16-9-23(3)10-17-28/h9-18,20,29H,6-8,19,21-22H2,1-5H3,(H,34,38)/t29-/m1/s1. The second-order valence-corrected chi connectivity index (χ2v) is 12.2. The number of carbonyl (C=O) groups excluding carboxylic acids is 2. The highest BCUT2D eigenvalue weighted by Gasteiger charge is 2.34. The lowest BCUT2D eigenvalue weighted by atomic mass is 10.1. The first-order chi connectivity index (χ1) is 19.5. The molecule has 0 radical (unpaired) electrons. The van der Waals surface area contributed by atoms with Crippen molar-refractivity contribution in [3.63, 3.8) is 0 Å². The predicted molar refractivity (Wildman–Crippen MR) is 161 cm³/mol. The molecule has 0 bridgehead atoms. The van der Waals surface area contributed by atoms with Crippen LogP contribution < -0.4 is 9.62 Å². The number of nitrogens with one attached hydrogen (secondary N) is 1. The Labute approximate surface area is 243 Å². The van der Waals surface area contributed by atoms with Crippen molar-refractivity contribution in [3.8, 4) is 0 Å². The first-order valence-corrected chi connectivity index (χ1v) is 15.4. The normalized spacial score (nSPS) is 12.0. The summed E-state index contributed by atoms with van der Waals surface area (Å²) in [5.41, 5.74) is 3.56. The lowest BCUT2D eigenvalue weighted by Gasteiger charge is -2.33. The molecule has 0 fully saturated rings. The second kappa shape index (κ2) is 14.3. The van der Waals surface area contributed by atoms with Gasteiger partial charge in [0, 0.05) is 13.1 Å². The Hall–Kier alpha value is -3.72. The number of hydrogen-bond donors (Lipinski definition) is 1. The van der Waals surface area contributed by atoms with Gasteiger partial charge in [-0.3, -0.25) is 13.9 Å². The number of amides is 2. The van der Waals surface area contributed by atoms with E-state index in [4.69, 9.17) is 0 Å². The van der Waals surface area contributed by atoms with Crippen molar-refractivity contribution in [2.45, 2.75) is 71.4 Å². The van der Waals surface area contributed by atoms with Crippen LogP contribution in [0.1, 0.15) is 55.4 Å². The van der Waals surface area contributed by atoms with Crippen LogP contribution >= 0.6 is 0 Å². The molecule has 3 aromatic rings. The number of aryl methyl sites for hydroxylation is 3. The van der Waals surface area contributed by atoms with Gasteiger partial charge in [-0.1, -0.05) is 67.8 Å². The van der Waals surface area contributed by atoms with Crippen molar-refractivity contribution in [2.24, 2.45) is 0 Å². The maximum atomic E-state index is 14.1. The van der Waals surface area contributed by atoms with Crippen molar-refractivity contribution < 1.29 is 22.4 Å². The van der Waals surface area contributed by atoms with Gasteiger partial charge in [0.25, 0.3) is 10.0 Å². The van der Waals surface area contributed by atoms with Gasteiger partial charge in [-0.15, -0.1) is 0 Å². The number of halogens is 1. The molecular formula is C32H40FN3O4S. The van der Waals surface area contributed by atoms with Crippen LogP contribution in [0.25, 0.3) is 0 Å². The summed E-state index contributed by atoms with van der Waals surface area (Å²) in [4.78, 5) is 28.8. The van der Waals surface area contributed by atoms with E-state index in [1.807, 2.05) is 26.8 Å². The number of unbranched alkanes of at least 4 members (excludes halogenated alkanes) is 1. The third-order valence-electron chi connectivity index (χ3n) is 6.99. The van der Waals surface area contributed by atoms with Crippen LogP contribution in [-0.4, -0.2) is 44.3 Å². The van der Waals surface area contributed by atoms with Gasteiger partial charge in [-0.2, -0.15) is 0 Å². The van der Waals surface area contributed by atoms with E-state index < -0.39 is 34.3 Å². The maximum Gasteiger partial charge on any atom is 0.264 e. The molecule has 3 rings (SSSR count). The van der Waals surface area contributed by atoms with Crippen molar-refractivity contribution in [1.82, 2.24) is 10.2 Å². The third kappa shape index (κ3) is 8.16. The van der Waals surface area contributed by atoms with Crippen LogP contribution in [0.2, 0.25) is 0 Å². The summed E-state index contributed by atoms with van der Waals surface area (Å²) in [6.45, 7) is 9.38. The Kier molecular flexibility index (Phi) is 11.1. The zero-order valence-corrected chi connectivity index (χ0v) is 25.3. The number of anilines is 1. The molecule has 220 valence electrons. The van der Waals surface area contributed by atoms with Crippen molar-refractivity contribution in [1.29, 1.82) is 0 Å². The second-order valence-electron chi connectivity index (χ2n) is 10.3. The number of rotatable bonds is 13. The molecule has 41 heavy (non-hydrogen) atoms. The van der Waals surface area contributed by atoms with E-state index in [9.17, 15) is 22.4 Å². The van der Waals surface area contributed by atoms with Gasteiger partial charge in [-0.05, 0) is 75.1 Å². The van der Waals surface area contributed by atoms with E-state index in [0.29, 0.717) is 29.8 Å². The third-order valence-corrected chi connectivity index (χ3v) is 8.76. The molecule has 0 aliphatic carbocycles. The van der Waals surface area contributed by atoms with Gasteiger partial charge in [0.1, 0.15) is 18.4 Å². The molecule has 7 nitrogen and oxygen atoms in total. The average molecular weight is 582 g/mol. The molecule has 3 aromatic carbocycles. The number of nitrogens with zero attached hydrogens (tertiary/aromatic N) is 2. The SMILES string of the molecule is CCCCNC(=O)[C@@H](CC)N(Cc1ccc(F)cc1)C(=O)CN(c1ccc(C)cc1C)S(=O)(=O)c1ccc(C)cc1. The van der Waals surface area contributed by atoms with Crippen LogP contribution in [0.3, 0.4) is 0 Å². The number of benzene rings is 3. The smallest absolute Gasteiger partial charge is 0.264 e. The summed E-state index contributed by atoms with van der Waals surface area (Å²) >= 11 is 0. The zero-order chi connectivity index (χ0) is 30.2. The van der Waals surface area contributed by atoms with E-state index in [0.717, 1.165) is 28.3 Å². The molecule has 0 unspecified atom stereocenters. The fourth-order valence-corrected chi connectivity index (χ4v) is 6.13. The minimum Gasteiger partial charge on any atom is -0.354 e. The van der Waals surface area contributed by atoms with Crippen LogP contribution in [0.15, 0.2) is 71.6 Å². The molecular weight excluding hydrogens is 541 g/mol. The Morgan fingerprint density at radius 1 is 0.902 bits per heavy atom. The molecule has 0 aliphatic heterocycles. The minimum absolute atomic E-state index is 0.0180. The summed E-state index contributed by atoms with van der Waals surface area (Å²) in [7, 11) is -4.15. The zero-order valence-electron chi connectivity index (χ0n) is 24.5. The highest BCUT2D eigenvalue weighted by molar-refractivity contribution is 7.92. The van der Waals surface area contributed by atoms with Crippen molar-refractivity contribution in [3.05, 3.63) is 94.8 Å². The Morgan fingerprint density at radius 2 is 1.54 bits per heavy atom. The van der Waals surface area contributed by atoms with Crippen LogP contribution in [0, 0.1) is 26.6 Å². The fourth-order valence-electron chi connectivity index (χ4n) is 4.65. The molecule has 1 N–H and O–H groups in total. The molecule has 1 atom stereocenters. The molecule has 0 spiro atoms. The lowest BCUT2D eigenvalue weighted by molar-refractivity contribution is -0.140. The number of carbonyl (C=O) groups is 2. The van der Waals surface area contributed by atoms with Crippen molar-refractivity contribution >= 4 is 27.5 Å². The lowest BCUT2D eigenvalue weighted by Crippen LogP contribution is -2.52. The number of hydrogen-bond acceptors (Lipinski definition) is 4. The average Bonchev–Trinajstić information content (AvgIpc) is 2.93. The van der Waals surface area contributed by atoms with Gasteiger partial charge in [-0.25, -0.2) is 12.8 Å². The molecule has 0 saturated heterocycles. The summed E-state index contributed by atoms with van der Waals surface area (Å²) in [5, 5.41) is 2.90. The molecule has 0 aliphatic rings. The van der Waals surface area contributed by atoms with E-state index in [2.05, 4.69) is 5.32 Å². The highest BCUT2D eigenvalue weighted by Crippen LogP contribution is 2.28. The monoisotopic (exact) mass is 581 g/mol. The van der Waals surface area contributed by atoms with Crippen molar-refractivity contribution in [2.75, 3.05) is 17.4 Å². The Bertz CT molecular complexity index is 1440. The quantitative estimate of drug-likeness (QED) is 0.264. The predicted octanol–water partition coefficient (Wildman–Crippen LogP) is 5.67. The van der Waals surface area contributed by atoms with Gasteiger partial charge >= 0.3 is 0 Å². The van der Waals surface area contributed by atoms with Crippen LogP contribution in [0.5, 0.6) is 0 Å². The first kappa shape index (κ1) is 31.8. The maximum absolute atomic E-state index is 14.1. The first-order valence-electron chi connectivity index (χ1n) is 14.0. The van der Waals surface area contributed by atoms with Crippen LogP contribution in [0.4, 0.5) is 10.1 Å². The number of sulfonamides is 1.